The van der Waals surface area contributed by atoms with Crippen LogP contribution in [0.2, 0.25) is 0 Å². The van der Waals surface area contributed by atoms with Gasteiger partial charge in [0.1, 0.15) is 17.6 Å². The Balaban J connectivity index is 2.18. The van der Waals surface area contributed by atoms with Crippen molar-refractivity contribution in [3.05, 3.63) is 59.7 Å². The minimum Gasteiger partial charge on any atom is -0.497 e. The van der Waals surface area contributed by atoms with Crippen LogP contribution < -0.4 is 9.47 Å². The van der Waals surface area contributed by atoms with Gasteiger partial charge in [0, 0.05) is 11.1 Å². The summed E-state index contributed by atoms with van der Waals surface area (Å²) in [5.74, 6) is 1.12. The number of ketones is 1. The molecule has 0 N–H and O–H groups in total. The summed E-state index contributed by atoms with van der Waals surface area (Å²) in [6.07, 6.45) is 0. The molecule has 0 saturated heterocycles. The number of ether oxygens (including phenoxy) is 2. The van der Waals surface area contributed by atoms with Crippen molar-refractivity contribution in [2.45, 2.75) is 0 Å². The van der Waals surface area contributed by atoms with E-state index in [4.69, 9.17) is 14.7 Å². The first-order chi connectivity index (χ1) is 9.74. The maximum atomic E-state index is 12.3. The summed E-state index contributed by atoms with van der Waals surface area (Å²) in [4.78, 5) is 12.3. The summed E-state index contributed by atoms with van der Waals surface area (Å²) >= 11 is 0. The highest BCUT2D eigenvalue weighted by atomic mass is 16.5. The SMILES string of the molecule is COc1cccc(C(=O)c2ccc(OCC#N)cc2)c1. The van der Waals surface area contributed by atoms with Crippen molar-refractivity contribution < 1.29 is 14.3 Å². The van der Waals surface area contributed by atoms with Crippen LogP contribution in [0, 0.1) is 11.3 Å². The van der Waals surface area contributed by atoms with Gasteiger partial charge in [-0.2, -0.15) is 5.26 Å². The monoisotopic (exact) mass is 267 g/mol. The topological polar surface area (TPSA) is 59.3 Å². The Morgan fingerprint density at radius 3 is 2.50 bits per heavy atom. The van der Waals surface area contributed by atoms with Gasteiger partial charge >= 0.3 is 0 Å². The molecule has 0 aliphatic rings. The van der Waals surface area contributed by atoms with Gasteiger partial charge in [-0.3, -0.25) is 4.79 Å². The zero-order valence-corrected chi connectivity index (χ0v) is 11.0. The second-order valence-electron chi connectivity index (χ2n) is 4.03. The molecule has 0 amide bonds. The van der Waals surface area contributed by atoms with Crippen LogP contribution in [0.15, 0.2) is 48.5 Å². The maximum absolute atomic E-state index is 12.3. The summed E-state index contributed by atoms with van der Waals surface area (Å²) in [7, 11) is 1.56. The van der Waals surface area contributed by atoms with E-state index in [2.05, 4.69) is 0 Å². The van der Waals surface area contributed by atoms with Crippen molar-refractivity contribution in [1.29, 1.82) is 5.26 Å². The number of carbonyl (C=O) groups is 1. The van der Waals surface area contributed by atoms with Gasteiger partial charge in [0.15, 0.2) is 12.4 Å². The standard InChI is InChI=1S/C16H13NO3/c1-19-15-4-2-3-13(11-15)16(18)12-5-7-14(8-6-12)20-10-9-17/h2-8,11H,10H2,1H3. The van der Waals surface area contributed by atoms with E-state index in [1.165, 1.54) is 0 Å². The smallest absolute Gasteiger partial charge is 0.193 e. The minimum atomic E-state index is -0.0873. The summed E-state index contributed by atoms with van der Waals surface area (Å²) < 4.78 is 10.2. The molecule has 100 valence electrons. The molecular weight excluding hydrogens is 254 g/mol. The first kappa shape index (κ1) is 13.6. The van der Waals surface area contributed by atoms with Crippen molar-refractivity contribution in [3.63, 3.8) is 0 Å². The molecule has 0 fully saturated rings. The zero-order chi connectivity index (χ0) is 14.4. The normalized spacial score (nSPS) is 9.60. The lowest BCUT2D eigenvalue weighted by atomic mass is 10.0. The highest BCUT2D eigenvalue weighted by Gasteiger charge is 2.09. The van der Waals surface area contributed by atoms with Crippen molar-refractivity contribution in [2.24, 2.45) is 0 Å². The third-order valence-corrected chi connectivity index (χ3v) is 2.75. The molecule has 4 heteroatoms. The van der Waals surface area contributed by atoms with Crippen LogP contribution in [-0.4, -0.2) is 19.5 Å². The van der Waals surface area contributed by atoms with E-state index in [0.717, 1.165) is 0 Å². The molecule has 0 spiro atoms. The molecular formula is C16H13NO3. The van der Waals surface area contributed by atoms with Crippen LogP contribution in [0.25, 0.3) is 0 Å². The molecule has 0 radical (unpaired) electrons. The molecule has 2 rings (SSSR count). The summed E-state index contributed by atoms with van der Waals surface area (Å²) in [5.41, 5.74) is 1.12. The molecule has 2 aromatic rings. The fourth-order valence-electron chi connectivity index (χ4n) is 1.75. The summed E-state index contributed by atoms with van der Waals surface area (Å²) in [6.45, 7) is -0.0107. The van der Waals surface area contributed by atoms with E-state index in [1.54, 1.807) is 55.6 Å². The van der Waals surface area contributed by atoms with Crippen LogP contribution >= 0.6 is 0 Å². The predicted molar refractivity (Wildman–Crippen MR) is 74.0 cm³/mol. The number of nitrogens with zero attached hydrogens (tertiary/aromatic N) is 1. The molecule has 0 saturated carbocycles. The number of methoxy groups -OCH3 is 1. The lowest BCUT2D eigenvalue weighted by molar-refractivity contribution is 0.103. The van der Waals surface area contributed by atoms with Crippen LogP contribution in [0.1, 0.15) is 15.9 Å². The third-order valence-electron chi connectivity index (χ3n) is 2.75. The van der Waals surface area contributed by atoms with Gasteiger partial charge < -0.3 is 9.47 Å². The number of rotatable bonds is 5. The Morgan fingerprint density at radius 1 is 1.10 bits per heavy atom. The van der Waals surface area contributed by atoms with Crippen molar-refractivity contribution in [2.75, 3.05) is 13.7 Å². The highest BCUT2D eigenvalue weighted by molar-refractivity contribution is 6.09. The molecule has 0 atom stereocenters. The van der Waals surface area contributed by atoms with Crippen molar-refractivity contribution in [3.8, 4) is 17.6 Å². The Morgan fingerprint density at radius 2 is 1.85 bits per heavy atom. The lowest BCUT2D eigenvalue weighted by Crippen LogP contribution is -2.02. The molecule has 0 heterocycles. The number of nitriles is 1. The maximum Gasteiger partial charge on any atom is 0.193 e. The van der Waals surface area contributed by atoms with Crippen molar-refractivity contribution in [1.82, 2.24) is 0 Å². The van der Waals surface area contributed by atoms with Crippen LogP contribution in [0.4, 0.5) is 0 Å². The number of benzene rings is 2. The quantitative estimate of drug-likeness (QED) is 0.781. The summed E-state index contributed by atoms with van der Waals surface area (Å²) in [6, 6.07) is 15.6. The van der Waals surface area contributed by atoms with Gasteiger partial charge in [-0.05, 0) is 36.4 Å². The Hall–Kier alpha value is -2.80. The van der Waals surface area contributed by atoms with E-state index < -0.39 is 0 Å². The first-order valence-corrected chi connectivity index (χ1v) is 6.03. The second kappa shape index (κ2) is 6.39. The molecule has 0 aliphatic heterocycles. The minimum absolute atomic E-state index is 0.0107. The number of carbonyl (C=O) groups excluding carboxylic acids is 1. The van der Waals surface area contributed by atoms with E-state index in [0.29, 0.717) is 22.6 Å². The molecule has 20 heavy (non-hydrogen) atoms. The Kier molecular flexibility index (Phi) is 4.35. The molecule has 0 bridgehead atoms. The zero-order valence-electron chi connectivity index (χ0n) is 11.0. The van der Waals surface area contributed by atoms with E-state index >= 15 is 0 Å². The van der Waals surface area contributed by atoms with Crippen LogP contribution in [0.3, 0.4) is 0 Å². The predicted octanol–water partition coefficient (Wildman–Crippen LogP) is 2.83. The molecule has 0 unspecified atom stereocenters. The van der Waals surface area contributed by atoms with Crippen LogP contribution in [-0.2, 0) is 0 Å². The molecule has 2 aromatic carbocycles. The fourth-order valence-corrected chi connectivity index (χ4v) is 1.75. The number of hydrogen-bond acceptors (Lipinski definition) is 4. The van der Waals surface area contributed by atoms with E-state index in [-0.39, 0.29) is 12.4 Å². The molecule has 4 nitrogen and oxygen atoms in total. The van der Waals surface area contributed by atoms with Gasteiger partial charge in [-0.15, -0.1) is 0 Å². The van der Waals surface area contributed by atoms with E-state index in [1.807, 2.05) is 6.07 Å². The third kappa shape index (κ3) is 3.15. The molecule has 0 aromatic heterocycles. The summed E-state index contributed by atoms with van der Waals surface area (Å²) in [5, 5.41) is 8.43. The average Bonchev–Trinajstić information content (AvgIpc) is 2.52. The highest BCUT2D eigenvalue weighted by Crippen LogP contribution is 2.18. The van der Waals surface area contributed by atoms with Gasteiger partial charge in [0.2, 0.25) is 0 Å². The average molecular weight is 267 g/mol. The Labute approximate surface area is 117 Å². The van der Waals surface area contributed by atoms with Crippen molar-refractivity contribution >= 4 is 5.78 Å². The van der Waals surface area contributed by atoms with Gasteiger partial charge in [0.25, 0.3) is 0 Å². The van der Waals surface area contributed by atoms with Gasteiger partial charge in [-0.25, -0.2) is 0 Å². The lowest BCUT2D eigenvalue weighted by Gasteiger charge is -2.05. The van der Waals surface area contributed by atoms with Crippen LogP contribution in [0.5, 0.6) is 11.5 Å². The largest absolute Gasteiger partial charge is 0.497 e. The first-order valence-electron chi connectivity index (χ1n) is 6.03. The van der Waals surface area contributed by atoms with Gasteiger partial charge in [0.05, 0.1) is 7.11 Å². The fraction of sp³-hybridized carbons (Fsp3) is 0.125. The van der Waals surface area contributed by atoms with E-state index in [9.17, 15) is 4.79 Å². The Bertz CT molecular complexity index is 642. The second-order valence-corrected chi connectivity index (χ2v) is 4.03. The number of hydrogen-bond donors (Lipinski definition) is 0. The van der Waals surface area contributed by atoms with Gasteiger partial charge in [-0.1, -0.05) is 12.1 Å². The molecule has 0 aliphatic carbocycles.